The van der Waals surface area contributed by atoms with Crippen molar-refractivity contribution < 1.29 is 18.0 Å². The van der Waals surface area contributed by atoms with E-state index < -0.39 is 26.9 Å². The van der Waals surface area contributed by atoms with Gasteiger partial charge in [-0.15, -0.1) is 0 Å². The topological polar surface area (TPSA) is 105 Å². The third-order valence-electron chi connectivity index (χ3n) is 4.80. The number of carbonyl (C=O) groups excluding carboxylic acids is 2. The second-order valence-electron chi connectivity index (χ2n) is 7.02. The van der Waals surface area contributed by atoms with Gasteiger partial charge in [-0.2, -0.15) is 0 Å². The highest BCUT2D eigenvalue weighted by molar-refractivity contribution is 7.91. The summed E-state index contributed by atoms with van der Waals surface area (Å²) in [6.45, 7) is 3.53. The van der Waals surface area contributed by atoms with E-state index in [1.54, 1.807) is 36.5 Å². The van der Waals surface area contributed by atoms with Crippen molar-refractivity contribution in [2.24, 2.45) is 0 Å². The van der Waals surface area contributed by atoms with E-state index in [0.29, 0.717) is 5.56 Å². The molecular weight excluding hydrogens is 378 g/mol. The molecule has 1 atom stereocenters. The number of carbonyl (C=O) groups is 2. The van der Waals surface area contributed by atoms with E-state index in [2.05, 4.69) is 15.6 Å². The minimum atomic E-state index is -3.81. The maximum Gasteiger partial charge on any atom is 0.309 e. The highest BCUT2D eigenvalue weighted by Crippen LogP contribution is 2.29. The second-order valence-corrected chi connectivity index (χ2v) is 9.15. The molecule has 0 unspecified atom stereocenters. The smallest absolute Gasteiger partial charge is 0.309 e. The Morgan fingerprint density at radius 3 is 2.50 bits per heavy atom. The van der Waals surface area contributed by atoms with E-state index in [1.165, 1.54) is 6.20 Å². The predicted molar refractivity (Wildman–Crippen MR) is 104 cm³/mol. The van der Waals surface area contributed by atoms with Crippen molar-refractivity contribution in [3.8, 4) is 0 Å². The van der Waals surface area contributed by atoms with Gasteiger partial charge in [-0.3, -0.25) is 14.6 Å². The Balaban J connectivity index is 1.85. The zero-order chi connectivity index (χ0) is 20.3. The van der Waals surface area contributed by atoms with Gasteiger partial charge in [-0.25, -0.2) is 8.42 Å². The first kappa shape index (κ1) is 20.0. The van der Waals surface area contributed by atoms with Gasteiger partial charge in [0.15, 0.2) is 9.84 Å². The average molecular weight is 401 g/mol. The Hall–Kier alpha value is -2.74. The lowest BCUT2D eigenvalue weighted by Gasteiger charge is -2.19. The Labute approximate surface area is 164 Å². The summed E-state index contributed by atoms with van der Waals surface area (Å²) < 4.78 is 26.6. The monoisotopic (exact) mass is 401 g/mol. The number of aromatic nitrogens is 1. The molecule has 1 heterocycles. The minimum Gasteiger partial charge on any atom is -0.346 e. The number of hydrogen-bond donors (Lipinski definition) is 2. The fraction of sp³-hybridized carbons (Fsp3) is 0.350. The molecule has 3 rings (SSSR count). The summed E-state index contributed by atoms with van der Waals surface area (Å²) in [6.07, 6.45) is 4.72. The molecule has 0 bridgehead atoms. The third kappa shape index (κ3) is 4.56. The van der Waals surface area contributed by atoms with E-state index >= 15 is 0 Å². The maximum absolute atomic E-state index is 13.3. The fourth-order valence-corrected chi connectivity index (χ4v) is 4.50. The lowest BCUT2D eigenvalue weighted by Crippen LogP contribution is -2.43. The summed E-state index contributed by atoms with van der Waals surface area (Å²) in [5, 5.41) is 3.99. The Morgan fingerprint density at radius 2 is 1.89 bits per heavy atom. The van der Waals surface area contributed by atoms with Gasteiger partial charge in [0.1, 0.15) is 5.25 Å². The van der Waals surface area contributed by atoms with Gasteiger partial charge < -0.3 is 10.6 Å². The zero-order valence-corrected chi connectivity index (χ0v) is 16.6. The molecule has 0 radical (unpaired) electrons. The highest BCUT2D eigenvalue weighted by atomic mass is 32.2. The van der Waals surface area contributed by atoms with Crippen LogP contribution in [0.25, 0.3) is 0 Å². The van der Waals surface area contributed by atoms with Gasteiger partial charge in [0.05, 0.1) is 4.90 Å². The van der Waals surface area contributed by atoms with Crippen molar-refractivity contribution in [3.05, 3.63) is 59.4 Å². The van der Waals surface area contributed by atoms with Gasteiger partial charge in [0, 0.05) is 25.0 Å². The molecule has 8 heteroatoms. The number of hydrogen-bond acceptors (Lipinski definition) is 5. The molecule has 28 heavy (non-hydrogen) atoms. The largest absolute Gasteiger partial charge is 0.346 e. The van der Waals surface area contributed by atoms with Crippen molar-refractivity contribution in [2.75, 3.05) is 6.54 Å². The molecule has 2 amide bonds. The number of nitrogens with one attached hydrogen (secondary N) is 2. The van der Waals surface area contributed by atoms with E-state index in [4.69, 9.17) is 0 Å². The summed E-state index contributed by atoms with van der Waals surface area (Å²) in [5.41, 5.74) is 2.30. The Kier molecular flexibility index (Phi) is 5.79. The molecule has 148 valence electrons. The zero-order valence-electron chi connectivity index (χ0n) is 15.8. The van der Waals surface area contributed by atoms with Crippen molar-refractivity contribution in [1.82, 2.24) is 15.6 Å². The van der Waals surface area contributed by atoms with Crippen LogP contribution in [0.1, 0.15) is 34.8 Å². The number of benzene rings is 1. The average Bonchev–Trinajstić information content (AvgIpc) is 3.48. The molecule has 0 aliphatic heterocycles. The normalized spacial score (nSPS) is 14.9. The summed E-state index contributed by atoms with van der Waals surface area (Å²) in [7, 11) is -3.81. The van der Waals surface area contributed by atoms with Crippen LogP contribution in [0.4, 0.5) is 0 Å². The van der Waals surface area contributed by atoms with Crippen LogP contribution < -0.4 is 10.6 Å². The lowest BCUT2D eigenvalue weighted by molar-refractivity contribution is -0.139. The summed E-state index contributed by atoms with van der Waals surface area (Å²) >= 11 is 0. The standard InChI is InChI=1S/C20H23N3O4S/c1-13-5-8-17(10-14(13)2)28(26,27)18(15-4-3-9-21-11-15)12-22-19(24)20(25)23-16-6-7-16/h3-5,8-11,16,18H,6-7,12H2,1-2H3,(H,22,24)(H,23,25)/t18-/m0/s1. The first-order valence-corrected chi connectivity index (χ1v) is 10.6. The first-order valence-electron chi connectivity index (χ1n) is 9.09. The van der Waals surface area contributed by atoms with Crippen LogP contribution in [0.3, 0.4) is 0 Å². The second kappa shape index (κ2) is 8.10. The number of nitrogens with zero attached hydrogens (tertiary/aromatic N) is 1. The first-order chi connectivity index (χ1) is 13.3. The van der Waals surface area contributed by atoms with Crippen molar-refractivity contribution in [2.45, 2.75) is 42.9 Å². The highest BCUT2D eigenvalue weighted by Gasteiger charge is 2.32. The van der Waals surface area contributed by atoms with Gasteiger partial charge >= 0.3 is 11.8 Å². The summed E-state index contributed by atoms with van der Waals surface area (Å²) in [5.74, 6) is -1.58. The van der Waals surface area contributed by atoms with Gasteiger partial charge in [0.2, 0.25) is 0 Å². The number of sulfone groups is 1. The van der Waals surface area contributed by atoms with Crippen LogP contribution >= 0.6 is 0 Å². The Morgan fingerprint density at radius 1 is 1.14 bits per heavy atom. The molecule has 1 fully saturated rings. The predicted octanol–water partition coefficient (Wildman–Crippen LogP) is 1.61. The van der Waals surface area contributed by atoms with E-state index in [1.807, 2.05) is 13.8 Å². The summed E-state index contributed by atoms with van der Waals surface area (Å²) in [4.78, 5) is 28.1. The molecule has 2 N–H and O–H groups in total. The molecule has 1 saturated carbocycles. The van der Waals surface area contributed by atoms with Crippen LogP contribution in [0.15, 0.2) is 47.6 Å². The molecule has 1 aliphatic carbocycles. The van der Waals surface area contributed by atoms with Crippen LogP contribution in [0.2, 0.25) is 0 Å². The Bertz CT molecular complexity index is 986. The van der Waals surface area contributed by atoms with Crippen LogP contribution in [0.5, 0.6) is 0 Å². The SMILES string of the molecule is Cc1ccc(S(=O)(=O)[C@@H](CNC(=O)C(=O)NC2CC2)c2cccnc2)cc1C. The van der Waals surface area contributed by atoms with Crippen LogP contribution in [0, 0.1) is 13.8 Å². The van der Waals surface area contributed by atoms with Crippen LogP contribution in [-0.4, -0.2) is 37.8 Å². The summed E-state index contributed by atoms with van der Waals surface area (Å²) in [6, 6.07) is 8.27. The van der Waals surface area contributed by atoms with Crippen molar-refractivity contribution in [3.63, 3.8) is 0 Å². The van der Waals surface area contributed by atoms with E-state index in [0.717, 1.165) is 24.0 Å². The van der Waals surface area contributed by atoms with E-state index in [9.17, 15) is 18.0 Å². The molecule has 1 aliphatic rings. The molecule has 2 aromatic rings. The van der Waals surface area contributed by atoms with Gasteiger partial charge in [0.25, 0.3) is 0 Å². The molecule has 1 aromatic heterocycles. The number of amides is 2. The third-order valence-corrected chi connectivity index (χ3v) is 6.90. The quantitative estimate of drug-likeness (QED) is 0.716. The van der Waals surface area contributed by atoms with Crippen LogP contribution in [-0.2, 0) is 19.4 Å². The number of aryl methyl sites for hydroxylation is 2. The lowest BCUT2D eigenvalue weighted by atomic mass is 10.1. The minimum absolute atomic E-state index is 0.0478. The molecule has 7 nitrogen and oxygen atoms in total. The number of rotatable bonds is 6. The molecule has 0 spiro atoms. The van der Waals surface area contributed by atoms with Crippen molar-refractivity contribution >= 4 is 21.7 Å². The van der Waals surface area contributed by atoms with Gasteiger partial charge in [-0.05, 0) is 61.6 Å². The fourth-order valence-electron chi connectivity index (χ4n) is 2.77. The number of pyridine rings is 1. The molecule has 0 saturated heterocycles. The molecule has 1 aromatic carbocycles. The maximum atomic E-state index is 13.3. The van der Waals surface area contributed by atoms with E-state index in [-0.39, 0.29) is 17.5 Å². The molecular formula is C20H23N3O4S. The van der Waals surface area contributed by atoms with Gasteiger partial charge in [-0.1, -0.05) is 12.1 Å². The van der Waals surface area contributed by atoms with Crippen molar-refractivity contribution in [1.29, 1.82) is 0 Å².